The molecule has 0 atom stereocenters. The van der Waals surface area contributed by atoms with E-state index in [2.05, 4.69) is 226 Å². The number of fused-ring (bicyclic) bond motifs is 2. The number of hydrogen-bond acceptors (Lipinski definition) is 6. The normalized spacial score (nSPS) is 14.9. The standard InChI is InChI=1S/C20H32O2.C18H26O2.C15H24O2.C7H8.C3H3Br.CH3Cl/c1-10-14(2)13-22-18-12-15(19(3,4)5)17(21-9)11-16(18)20(6,7)8;1-9-10-20-16-12-13(17(2,3)4)15(19-8)11-14(16)18(5,6)7;1-14(2,3)10-9-13(17-7)11(8-12(10)16)15(4,5)6;1-2-7-4-3-6(1)5-7;1-2-3-4;1-2/h10-12H,13H2,1-9H3;1,11-12H,10H2,2-8H3;8-9,16H,1-7H3;1-4,6-7H,5H2;1H,3H2;1H3/b14-10-;;;;;. The molecule has 0 aliphatic heterocycles. The van der Waals surface area contributed by atoms with Crippen LogP contribution in [0.2, 0.25) is 0 Å². The summed E-state index contributed by atoms with van der Waals surface area (Å²) < 4.78 is 28.5. The highest BCUT2D eigenvalue weighted by atomic mass is 79.9. The van der Waals surface area contributed by atoms with Crippen LogP contribution in [-0.2, 0) is 32.5 Å². The Morgan fingerprint density at radius 3 is 1.07 bits per heavy atom. The van der Waals surface area contributed by atoms with Gasteiger partial charge in [0.05, 0.1) is 26.7 Å². The second kappa shape index (κ2) is 29.5. The molecule has 3 aromatic rings. The molecule has 3 aromatic carbocycles. The summed E-state index contributed by atoms with van der Waals surface area (Å²) in [5, 5.41) is 10.8. The molecule has 8 heteroatoms. The van der Waals surface area contributed by atoms with Gasteiger partial charge >= 0.3 is 0 Å². The van der Waals surface area contributed by atoms with Gasteiger partial charge in [-0.05, 0) is 107 Å². The van der Waals surface area contributed by atoms with Crippen LogP contribution < -0.4 is 23.7 Å². The van der Waals surface area contributed by atoms with E-state index in [1.165, 1.54) is 29.5 Å². The van der Waals surface area contributed by atoms with Crippen molar-refractivity contribution in [1.82, 2.24) is 0 Å². The molecule has 0 unspecified atom stereocenters. The van der Waals surface area contributed by atoms with Crippen molar-refractivity contribution >= 4 is 27.5 Å². The van der Waals surface area contributed by atoms with Crippen LogP contribution in [0.1, 0.15) is 178 Å². The summed E-state index contributed by atoms with van der Waals surface area (Å²) in [6, 6.07) is 12.2. The number of rotatable bonds is 8. The minimum Gasteiger partial charge on any atom is -0.508 e. The maximum atomic E-state index is 10.2. The number of phenols is 1. The van der Waals surface area contributed by atoms with Gasteiger partial charge in [0.2, 0.25) is 0 Å². The largest absolute Gasteiger partial charge is 0.508 e. The lowest BCUT2D eigenvalue weighted by Crippen LogP contribution is -2.18. The lowest BCUT2D eigenvalue weighted by molar-refractivity contribution is 0.335. The van der Waals surface area contributed by atoms with Crippen molar-refractivity contribution in [3.05, 3.63) is 106 Å². The number of benzene rings is 3. The summed E-state index contributed by atoms with van der Waals surface area (Å²) in [7, 11) is 5.12. The first-order valence-electron chi connectivity index (χ1n) is 25.0. The monoisotopic (exact) mass is 1070 g/mol. The van der Waals surface area contributed by atoms with Crippen molar-refractivity contribution in [2.75, 3.05) is 46.3 Å². The highest BCUT2D eigenvalue weighted by molar-refractivity contribution is 9.09. The van der Waals surface area contributed by atoms with Gasteiger partial charge in [-0.15, -0.1) is 24.4 Å². The smallest absolute Gasteiger partial charge is 0.148 e. The van der Waals surface area contributed by atoms with E-state index < -0.39 is 0 Å². The molecule has 72 heavy (non-hydrogen) atoms. The molecule has 0 amide bonds. The van der Waals surface area contributed by atoms with Crippen LogP contribution in [0.5, 0.6) is 34.5 Å². The third kappa shape index (κ3) is 22.0. The topological polar surface area (TPSA) is 66.4 Å². The molecule has 0 radical (unpaired) electrons. The number of methoxy groups -OCH3 is 3. The van der Waals surface area contributed by atoms with Crippen LogP contribution >= 0.6 is 27.5 Å². The quantitative estimate of drug-likeness (QED) is 0.138. The summed E-state index contributed by atoms with van der Waals surface area (Å²) in [6.45, 7) is 43.7. The van der Waals surface area contributed by atoms with Gasteiger partial charge in [-0.2, -0.15) is 0 Å². The van der Waals surface area contributed by atoms with Gasteiger partial charge in [-0.3, -0.25) is 0 Å². The van der Waals surface area contributed by atoms with E-state index in [4.69, 9.17) is 36.5 Å². The Morgan fingerprint density at radius 1 is 0.542 bits per heavy atom. The first-order chi connectivity index (χ1) is 33.0. The van der Waals surface area contributed by atoms with E-state index in [0.717, 1.165) is 62.8 Å². The molecule has 5 rings (SSSR count). The Kier molecular flexibility index (Phi) is 27.6. The van der Waals surface area contributed by atoms with Crippen molar-refractivity contribution < 1.29 is 28.8 Å². The zero-order chi connectivity index (χ0) is 56.2. The van der Waals surface area contributed by atoms with Crippen LogP contribution in [0.25, 0.3) is 0 Å². The fourth-order valence-corrected chi connectivity index (χ4v) is 7.69. The molecule has 0 aromatic heterocycles. The predicted molar refractivity (Wildman–Crippen MR) is 316 cm³/mol. The summed E-state index contributed by atoms with van der Waals surface area (Å²) >= 11 is 7.65. The number of ether oxygens (including phenoxy) is 5. The average molecular weight is 1080 g/mol. The van der Waals surface area contributed by atoms with Gasteiger partial charge in [-0.1, -0.05) is 183 Å². The molecule has 1 N–H and O–H groups in total. The number of aromatic hydroxyl groups is 1. The Morgan fingerprint density at radius 2 is 0.819 bits per heavy atom. The molecule has 6 nitrogen and oxygen atoms in total. The second-order valence-electron chi connectivity index (χ2n) is 24.3. The van der Waals surface area contributed by atoms with Gasteiger partial charge in [0.25, 0.3) is 0 Å². The number of terminal acetylenes is 2. The molecule has 0 heterocycles. The molecule has 2 aliphatic carbocycles. The Balaban J connectivity index is 0.000000934. The fraction of sp³-hybridized carbons (Fsp3) is 0.562. The molecule has 0 saturated carbocycles. The molecule has 2 aliphatic rings. The number of alkyl halides is 2. The van der Waals surface area contributed by atoms with Gasteiger partial charge in [0, 0.05) is 39.8 Å². The van der Waals surface area contributed by atoms with Crippen LogP contribution in [0.15, 0.2) is 72.4 Å². The number of allylic oxidation sites excluding steroid dienone is 5. The molecular weight excluding hydrogens is 980 g/mol. The third-order valence-corrected chi connectivity index (χ3v) is 12.2. The fourth-order valence-electron chi connectivity index (χ4n) is 7.69. The molecule has 402 valence electrons. The minimum absolute atomic E-state index is 0.00284. The van der Waals surface area contributed by atoms with E-state index >= 15 is 0 Å². The first-order valence-corrected chi connectivity index (χ1v) is 26.9. The maximum Gasteiger partial charge on any atom is 0.148 e. The molecule has 0 spiro atoms. The zero-order valence-electron chi connectivity index (χ0n) is 49.2. The molecule has 0 fully saturated rings. The van der Waals surface area contributed by atoms with E-state index in [1.54, 1.807) is 21.3 Å². The van der Waals surface area contributed by atoms with E-state index in [-0.39, 0.29) is 39.1 Å². The predicted octanol–water partition coefficient (Wildman–Crippen LogP) is 17.6. The zero-order valence-corrected chi connectivity index (χ0v) is 51.6. The first kappa shape index (κ1) is 67.6. The summed E-state index contributed by atoms with van der Waals surface area (Å²) in [5.41, 5.74) is 7.60. The Bertz CT molecular complexity index is 2290. The highest BCUT2D eigenvalue weighted by Crippen LogP contribution is 2.44. The van der Waals surface area contributed by atoms with Crippen molar-refractivity contribution in [3.63, 3.8) is 0 Å². The lowest BCUT2D eigenvalue weighted by Gasteiger charge is -2.28. The third-order valence-electron chi connectivity index (χ3n) is 11.9. The van der Waals surface area contributed by atoms with Crippen LogP contribution in [-0.4, -0.2) is 51.4 Å². The molecule has 2 bridgehead atoms. The number of hydrogen-bond donors (Lipinski definition) is 1. The average Bonchev–Trinajstić information content (AvgIpc) is 3.96. The number of phenolic OH excluding ortho intramolecular Hbond substituents is 1. The number of halogens is 2. The lowest BCUT2D eigenvalue weighted by atomic mass is 9.81. The van der Waals surface area contributed by atoms with Crippen LogP contribution in [0, 0.1) is 36.5 Å². The van der Waals surface area contributed by atoms with Crippen molar-refractivity contribution in [3.8, 4) is 59.2 Å². The van der Waals surface area contributed by atoms with Gasteiger partial charge in [-0.25, -0.2) is 0 Å². The highest BCUT2D eigenvalue weighted by Gasteiger charge is 2.29. The van der Waals surface area contributed by atoms with Crippen molar-refractivity contribution in [2.45, 2.75) is 177 Å². The Labute approximate surface area is 454 Å². The van der Waals surface area contributed by atoms with Crippen LogP contribution in [0.3, 0.4) is 0 Å². The second-order valence-corrected chi connectivity index (χ2v) is 24.8. The maximum absolute atomic E-state index is 10.2. The summed E-state index contributed by atoms with van der Waals surface area (Å²) in [5.74, 6) is 11.3. The van der Waals surface area contributed by atoms with E-state index in [1.807, 2.05) is 19.1 Å². The van der Waals surface area contributed by atoms with Gasteiger partial charge in [0.1, 0.15) is 47.7 Å². The molecule has 0 saturated heterocycles. The summed E-state index contributed by atoms with van der Waals surface area (Å²) in [4.78, 5) is 0. The minimum atomic E-state index is -0.0895. The molecular formula is C64H96BrClO6. The summed E-state index contributed by atoms with van der Waals surface area (Å²) in [6.07, 6.45) is 24.2. The van der Waals surface area contributed by atoms with E-state index in [0.29, 0.717) is 17.7 Å². The van der Waals surface area contributed by atoms with Gasteiger partial charge in [0.15, 0.2) is 0 Å². The van der Waals surface area contributed by atoms with Gasteiger partial charge < -0.3 is 28.8 Å². The SMILES string of the molecule is C#CCBr.C#CCOc1cc(C(C)(C)C)c(OC)cc1C(C)(C)C.C/C=C(/C)COc1cc(C(C)(C)C)c(OC)cc1C(C)(C)C.C1=CC2C=CC1C2.CCl.COc1cc(C(C)(C)C)c(O)cc1C(C)(C)C. The van der Waals surface area contributed by atoms with Crippen molar-refractivity contribution in [2.24, 2.45) is 11.8 Å². The van der Waals surface area contributed by atoms with Crippen LogP contribution in [0.4, 0.5) is 0 Å². The Hall–Kier alpha value is -4.43. The van der Waals surface area contributed by atoms with E-state index in [9.17, 15) is 5.11 Å². The van der Waals surface area contributed by atoms with Crippen molar-refractivity contribution in [1.29, 1.82) is 0 Å².